The van der Waals surface area contributed by atoms with Crippen molar-refractivity contribution in [2.24, 2.45) is 7.05 Å². The minimum atomic E-state index is -0.0933. The number of hydrogen-bond acceptors (Lipinski definition) is 3. The molecule has 3 heterocycles. The van der Waals surface area contributed by atoms with Gasteiger partial charge in [0.05, 0.1) is 17.4 Å². The Kier molecular flexibility index (Phi) is 4.66. The first kappa shape index (κ1) is 18.3. The van der Waals surface area contributed by atoms with Gasteiger partial charge in [0, 0.05) is 31.4 Å². The van der Waals surface area contributed by atoms with Gasteiger partial charge in [-0.1, -0.05) is 30.3 Å². The number of amides is 2. The predicted octanol–water partition coefficient (Wildman–Crippen LogP) is 3.69. The van der Waals surface area contributed by atoms with E-state index in [9.17, 15) is 4.79 Å². The molecule has 1 atom stereocenters. The molecule has 2 amide bonds. The molecule has 0 bridgehead atoms. The monoisotopic (exact) mass is 378 g/mol. The number of urea groups is 1. The lowest BCUT2D eigenvalue weighted by atomic mass is 10.1. The van der Waals surface area contributed by atoms with Crippen molar-refractivity contribution in [1.29, 1.82) is 0 Å². The third kappa shape index (κ3) is 3.28. The molecule has 146 valence electrons. The van der Waals surface area contributed by atoms with E-state index in [1.807, 2.05) is 60.8 Å². The number of aromatic nitrogens is 4. The van der Waals surface area contributed by atoms with E-state index in [1.54, 1.807) is 4.68 Å². The molecular weight excluding hydrogens is 352 g/mol. The summed E-state index contributed by atoms with van der Waals surface area (Å²) in [5.41, 5.74) is 5.05. The molecule has 1 aliphatic rings. The van der Waals surface area contributed by atoms with Crippen molar-refractivity contribution in [2.75, 3.05) is 18.4 Å². The first-order valence-corrected chi connectivity index (χ1v) is 9.61. The van der Waals surface area contributed by atoms with Gasteiger partial charge in [0.2, 0.25) is 0 Å². The van der Waals surface area contributed by atoms with Gasteiger partial charge in [-0.25, -0.2) is 4.79 Å². The van der Waals surface area contributed by atoms with Gasteiger partial charge in [-0.3, -0.25) is 14.7 Å². The van der Waals surface area contributed by atoms with Crippen LogP contribution >= 0.6 is 0 Å². The molecule has 1 fully saturated rings. The van der Waals surface area contributed by atoms with E-state index in [2.05, 4.69) is 28.5 Å². The summed E-state index contributed by atoms with van der Waals surface area (Å²) >= 11 is 0. The van der Waals surface area contributed by atoms with Crippen LogP contribution in [0.5, 0.6) is 0 Å². The Bertz CT molecular complexity index is 1000. The van der Waals surface area contributed by atoms with Gasteiger partial charge in [0.1, 0.15) is 5.82 Å². The summed E-state index contributed by atoms with van der Waals surface area (Å²) < 4.78 is 3.79. The maximum atomic E-state index is 13.0. The van der Waals surface area contributed by atoms with Crippen LogP contribution in [0.4, 0.5) is 10.6 Å². The van der Waals surface area contributed by atoms with Gasteiger partial charge in [-0.05, 0) is 38.8 Å². The molecule has 1 aromatic carbocycles. The molecule has 0 spiro atoms. The van der Waals surface area contributed by atoms with Crippen LogP contribution in [0.15, 0.2) is 36.4 Å². The zero-order valence-corrected chi connectivity index (χ0v) is 16.8. The zero-order chi connectivity index (χ0) is 19.8. The molecule has 0 radical (unpaired) electrons. The molecule has 1 saturated heterocycles. The molecule has 7 heteroatoms. The molecule has 2 aromatic heterocycles. The number of likely N-dealkylation sites (tertiary alicyclic amines) is 1. The van der Waals surface area contributed by atoms with Crippen LogP contribution in [0, 0.1) is 20.8 Å². The van der Waals surface area contributed by atoms with Crippen LogP contribution < -0.4 is 5.32 Å². The Morgan fingerprint density at radius 3 is 2.57 bits per heavy atom. The number of carbonyl (C=O) groups excluding carboxylic acids is 1. The number of nitrogens with zero attached hydrogens (tertiary/aromatic N) is 5. The molecule has 7 nitrogen and oxygen atoms in total. The maximum Gasteiger partial charge on any atom is 0.323 e. The van der Waals surface area contributed by atoms with E-state index < -0.39 is 0 Å². The molecular formula is C21H26N6O. The van der Waals surface area contributed by atoms with E-state index >= 15 is 0 Å². The largest absolute Gasteiger partial charge is 0.323 e. The molecule has 0 saturated carbocycles. The summed E-state index contributed by atoms with van der Waals surface area (Å²) in [5, 5.41) is 12.2. The minimum absolute atomic E-state index is 0.0933. The Morgan fingerprint density at radius 2 is 1.89 bits per heavy atom. The van der Waals surface area contributed by atoms with Crippen molar-refractivity contribution < 1.29 is 4.79 Å². The van der Waals surface area contributed by atoms with E-state index in [0.717, 1.165) is 40.4 Å². The highest BCUT2D eigenvalue weighted by molar-refractivity contribution is 5.94. The van der Waals surface area contributed by atoms with E-state index in [-0.39, 0.29) is 12.1 Å². The first-order chi connectivity index (χ1) is 13.4. The highest BCUT2D eigenvalue weighted by Gasteiger charge is 2.30. The Hall–Kier alpha value is -3.09. The van der Waals surface area contributed by atoms with Crippen LogP contribution in [0.1, 0.15) is 29.5 Å². The fraction of sp³-hybridized carbons (Fsp3) is 0.381. The highest BCUT2D eigenvalue weighted by atomic mass is 16.2. The van der Waals surface area contributed by atoms with Crippen LogP contribution in [0.2, 0.25) is 0 Å². The lowest BCUT2D eigenvalue weighted by Crippen LogP contribution is -2.34. The lowest BCUT2D eigenvalue weighted by molar-refractivity contribution is 0.220. The number of carbonyl (C=O) groups is 1. The first-order valence-electron chi connectivity index (χ1n) is 9.61. The third-order valence-electron chi connectivity index (χ3n) is 5.35. The molecule has 0 unspecified atom stereocenters. The fourth-order valence-electron chi connectivity index (χ4n) is 4.07. The number of hydrogen-bond donors (Lipinski definition) is 1. The summed E-state index contributed by atoms with van der Waals surface area (Å²) in [6.45, 7) is 7.40. The van der Waals surface area contributed by atoms with Gasteiger partial charge in [-0.2, -0.15) is 10.2 Å². The molecule has 0 aliphatic carbocycles. The third-order valence-corrected chi connectivity index (χ3v) is 5.35. The van der Waals surface area contributed by atoms with Gasteiger partial charge in [-0.15, -0.1) is 0 Å². The Labute approximate surface area is 165 Å². The van der Waals surface area contributed by atoms with Crippen LogP contribution in [0.3, 0.4) is 0 Å². The van der Waals surface area contributed by atoms with Crippen LogP contribution in [-0.2, 0) is 7.05 Å². The van der Waals surface area contributed by atoms with Crippen molar-refractivity contribution in [1.82, 2.24) is 24.5 Å². The van der Waals surface area contributed by atoms with Crippen molar-refractivity contribution >= 4 is 11.8 Å². The van der Waals surface area contributed by atoms with Crippen molar-refractivity contribution in [3.8, 4) is 11.1 Å². The normalized spacial score (nSPS) is 16.6. The fourth-order valence-corrected chi connectivity index (χ4v) is 4.07. The second-order valence-electron chi connectivity index (χ2n) is 7.49. The van der Waals surface area contributed by atoms with Crippen molar-refractivity contribution in [3.05, 3.63) is 53.5 Å². The average Bonchev–Trinajstić information content (AvgIpc) is 3.34. The van der Waals surface area contributed by atoms with Crippen molar-refractivity contribution in [3.63, 3.8) is 0 Å². The summed E-state index contributed by atoms with van der Waals surface area (Å²) in [6, 6.07) is 12.2. The number of anilines is 1. The van der Waals surface area contributed by atoms with Gasteiger partial charge in [0.25, 0.3) is 0 Å². The summed E-state index contributed by atoms with van der Waals surface area (Å²) in [4.78, 5) is 14.8. The Balaban J connectivity index is 1.53. The molecule has 28 heavy (non-hydrogen) atoms. The van der Waals surface area contributed by atoms with Gasteiger partial charge < -0.3 is 4.90 Å². The Morgan fingerprint density at radius 1 is 1.14 bits per heavy atom. The van der Waals surface area contributed by atoms with Crippen molar-refractivity contribution in [2.45, 2.75) is 33.2 Å². The predicted molar refractivity (Wildman–Crippen MR) is 109 cm³/mol. The quantitative estimate of drug-likeness (QED) is 0.756. The summed E-state index contributed by atoms with van der Waals surface area (Å²) in [7, 11) is 1.86. The number of nitrogens with one attached hydrogen (secondary N) is 1. The standard InChI is InChI=1S/C21H26N6O/c1-14-12-15(2)27(23-14)18-10-11-26(13-18)21(28)22-20-19(16(3)24-25(20)4)17-8-6-5-7-9-17/h5-9,12,18H,10-11,13H2,1-4H3,(H,22,28)/t18-/m1/s1. The van der Waals surface area contributed by atoms with Gasteiger partial charge in [0.15, 0.2) is 0 Å². The number of aryl methyl sites for hydroxylation is 4. The summed E-state index contributed by atoms with van der Waals surface area (Å²) in [5.74, 6) is 0.725. The van der Waals surface area contributed by atoms with E-state index in [4.69, 9.17) is 0 Å². The zero-order valence-electron chi connectivity index (χ0n) is 16.8. The second kappa shape index (κ2) is 7.14. The summed E-state index contributed by atoms with van der Waals surface area (Å²) in [6.07, 6.45) is 0.908. The van der Waals surface area contributed by atoms with Gasteiger partial charge >= 0.3 is 6.03 Å². The lowest BCUT2D eigenvalue weighted by Gasteiger charge is -2.19. The number of rotatable bonds is 3. The van der Waals surface area contributed by atoms with Crippen LogP contribution in [-0.4, -0.2) is 43.6 Å². The smallest absolute Gasteiger partial charge is 0.322 e. The second-order valence-corrected chi connectivity index (χ2v) is 7.49. The SMILES string of the molecule is Cc1cc(C)n([C@@H]2CCN(C(=O)Nc3c(-c4ccccc4)c(C)nn3C)C2)n1. The minimum Gasteiger partial charge on any atom is -0.322 e. The highest BCUT2D eigenvalue weighted by Crippen LogP contribution is 2.31. The van der Waals surface area contributed by atoms with Crippen LogP contribution in [0.25, 0.3) is 11.1 Å². The number of benzene rings is 1. The molecule has 1 aliphatic heterocycles. The maximum absolute atomic E-state index is 13.0. The molecule has 1 N–H and O–H groups in total. The van der Waals surface area contributed by atoms with E-state index in [0.29, 0.717) is 13.1 Å². The topological polar surface area (TPSA) is 68.0 Å². The average molecular weight is 378 g/mol. The molecule has 4 rings (SSSR count). The van der Waals surface area contributed by atoms with E-state index in [1.165, 1.54) is 0 Å². The molecule has 3 aromatic rings.